The summed E-state index contributed by atoms with van der Waals surface area (Å²) in [7, 11) is 1.00. The van der Waals surface area contributed by atoms with Crippen LogP contribution in [0.4, 0.5) is 5.82 Å². The lowest BCUT2D eigenvalue weighted by Crippen LogP contribution is -2.44. The topological polar surface area (TPSA) is 148 Å². The van der Waals surface area contributed by atoms with Crippen molar-refractivity contribution < 1.29 is 33.4 Å². The summed E-state index contributed by atoms with van der Waals surface area (Å²) in [4.78, 5) is 19.6. The van der Waals surface area contributed by atoms with Crippen LogP contribution in [0, 0.1) is 12.3 Å². The summed E-state index contributed by atoms with van der Waals surface area (Å²) in [5.74, 6) is 3.40. The fourth-order valence-electron chi connectivity index (χ4n) is 3.71. The molecule has 2 aromatic heterocycles. The number of thioether (sulfide) groups is 1. The Morgan fingerprint density at radius 1 is 1.46 bits per heavy atom. The molecule has 3 rings (SSSR count). The van der Waals surface area contributed by atoms with Crippen molar-refractivity contribution in [2.45, 2.75) is 37.9 Å². The number of terminal acetylenes is 1. The minimum Gasteiger partial charge on any atom is -0.387 e. The van der Waals surface area contributed by atoms with Crippen molar-refractivity contribution >= 4 is 41.5 Å². The van der Waals surface area contributed by atoms with Gasteiger partial charge >= 0.3 is 7.75 Å². The van der Waals surface area contributed by atoms with Gasteiger partial charge in [-0.15, -0.1) is 6.42 Å². The highest BCUT2D eigenvalue weighted by Gasteiger charge is 2.54. The fraction of sp³-hybridized carbons (Fsp3) is 0.571. The first-order valence-corrected chi connectivity index (χ1v) is 13.2. The van der Waals surface area contributed by atoms with Crippen LogP contribution in [0.3, 0.4) is 0 Å². The molecule has 1 saturated heterocycles. The highest BCUT2D eigenvalue weighted by molar-refractivity contribution is 8.13. The number of hydrogen-bond acceptors (Lipinski definition) is 11. The average molecular weight is 528 g/mol. The second-order valence-electron chi connectivity index (χ2n) is 8.25. The molecule has 192 valence electrons. The van der Waals surface area contributed by atoms with Crippen LogP contribution in [0.5, 0.6) is 0 Å². The summed E-state index contributed by atoms with van der Waals surface area (Å²) < 4.78 is 33.0. The molecule has 3 N–H and O–H groups in total. The van der Waals surface area contributed by atoms with E-state index in [9.17, 15) is 19.6 Å². The summed E-state index contributed by atoms with van der Waals surface area (Å²) in [6.45, 7) is 2.54. The lowest BCUT2D eigenvalue weighted by atomic mass is 9.96. The number of anilines is 1. The van der Waals surface area contributed by atoms with Gasteiger partial charge in [0, 0.05) is 25.9 Å². The molecule has 35 heavy (non-hydrogen) atoms. The number of rotatable bonds is 10. The van der Waals surface area contributed by atoms with Gasteiger partial charge in [-0.05, 0) is 21.0 Å². The molecule has 0 saturated carbocycles. The van der Waals surface area contributed by atoms with E-state index in [1.54, 1.807) is 13.2 Å². The van der Waals surface area contributed by atoms with Crippen molar-refractivity contribution in [3.63, 3.8) is 0 Å². The van der Waals surface area contributed by atoms with Gasteiger partial charge in [0.2, 0.25) is 0 Å². The minimum atomic E-state index is -3.74. The molecule has 0 radical (unpaired) electrons. The number of nitrogens with zero attached hydrogens (tertiary/aromatic N) is 4. The van der Waals surface area contributed by atoms with Crippen molar-refractivity contribution in [2.75, 3.05) is 45.4 Å². The van der Waals surface area contributed by atoms with Gasteiger partial charge in [0.1, 0.15) is 35.6 Å². The Labute approximate surface area is 207 Å². The molecule has 0 aromatic carbocycles. The van der Waals surface area contributed by atoms with E-state index in [0.29, 0.717) is 28.2 Å². The first kappa shape index (κ1) is 27.6. The first-order chi connectivity index (χ1) is 16.5. The number of aromatic nitrogens is 3. The Kier molecular flexibility index (Phi) is 8.62. The molecule has 0 aliphatic carbocycles. The van der Waals surface area contributed by atoms with E-state index in [4.69, 9.17) is 20.2 Å². The Bertz CT molecular complexity index is 1160. The molecule has 5 atom stereocenters. The Balaban J connectivity index is 1.82. The number of ether oxygens (including phenoxy) is 1. The van der Waals surface area contributed by atoms with E-state index in [-0.39, 0.29) is 18.3 Å². The SMILES string of the molecule is C#Cc1cn([C@@H]2O[C@H](COP(=O)(OCCSC(C)=O)N(C)C)[C@@H](O)[C@@]2(C)O)c2ncnc(NC)c12. The highest BCUT2D eigenvalue weighted by Crippen LogP contribution is 2.51. The van der Waals surface area contributed by atoms with Crippen LogP contribution < -0.4 is 5.32 Å². The van der Waals surface area contributed by atoms with Crippen LogP contribution in [-0.2, 0) is 23.1 Å². The van der Waals surface area contributed by atoms with E-state index in [1.807, 2.05) is 0 Å². The summed E-state index contributed by atoms with van der Waals surface area (Å²) in [5, 5.41) is 25.5. The number of carbonyl (C=O) groups is 1. The van der Waals surface area contributed by atoms with E-state index in [2.05, 4.69) is 21.2 Å². The van der Waals surface area contributed by atoms with E-state index >= 15 is 0 Å². The number of hydrogen-bond donors (Lipinski definition) is 3. The zero-order valence-electron chi connectivity index (χ0n) is 20.2. The lowest BCUT2D eigenvalue weighted by Gasteiger charge is -2.28. The smallest absolute Gasteiger partial charge is 0.387 e. The first-order valence-electron chi connectivity index (χ1n) is 10.7. The largest absolute Gasteiger partial charge is 0.407 e. The maximum Gasteiger partial charge on any atom is 0.407 e. The highest BCUT2D eigenvalue weighted by atomic mass is 32.2. The maximum atomic E-state index is 13.2. The zero-order valence-corrected chi connectivity index (χ0v) is 21.9. The molecule has 1 aliphatic heterocycles. The monoisotopic (exact) mass is 527 g/mol. The van der Waals surface area contributed by atoms with Crippen LogP contribution in [0.15, 0.2) is 12.5 Å². The van der Waals surface area contributed by atoms with Crippen LogP contribution in [0.25, 0.3) is 11.0 Å². The third kappa shape index (κ3) is 5.55. The Hall–Kier alpha value is -2.01. The normalized spacial score (nSPS) is 26.1. The summed E-state index contributed by atoms with van der Waals surface area (Å²) in [6, 6.07) is 0. The average Bonchev–Trinajstić information content (AvgIpc) is 3.29. The standard InChI is InChI=1S/C21H30N5O7PS/c1-7-14-10-26(19-16(14)18(22-4)23-12-24-19)20-21(3,29)17(28)15(33-20)11-32-34(30,25(5)6)31-8-9-35-13(2)27/h1,10,12,15,17,20,28-29H,8-9,11H2,2-6H3,(H,22,23,24)/t15-,17-,20-,21-,34?/m1/s1. The molecule has 0 spiro atoms. The quantitative estimate of drug-likeness (QED) is 0.233. The van der Waals surface area contributed by atoms with Gasteiger partial charge in [0.25, 0.3) is 0 Å². The molecule has 0 amide bonds. The van der Waals surface area contributed by atoms with Gasteiger partial charge in [-0.3, -0.25) is 13.8 Å². The van der Waals surface area contributed by atoms with Crippen molar-refractivity contribution in [1.82, 2.24) is 19.2 Å². The van der Waals surface area contributed by atoms with Gasteiger partial charge < -0.3 is 24.8 Å². The van der Waals surface area contributed by atoms with Crippen molar-refractivity contribution in [2.24, 2.45) is 0 Å². The van der Waals surface area contributed by atoms with E-state index in [0.717, 1.165) is 11.8 Å². The molecule has 2 aromatic rings. The summed E-state index contributed by atoms with van der Waals surface area (Å²) in [6.07, 6.45) is 5.09. The van der Waals surface area contributed by atoms with Crippen LogP contribution in [-0.4, -0.2) is 92.5 Å². The van der Waals surface area contributed by atoms with Gasteiger partial charge in [-0.25, -0.2) is 19.2 Å². The lowest BCUT2D eigenvalue weighted by molar-refractivity contribution is -0.109. The fourth-order valence-corrected chi connectivity index (χ4v) is 5.49. The molecular formula is C21H30N5O7PS. The van der Waals surface area contributed by atoms with E-state index in [1.165, 1.54) is 43.5 Å². The Morgan fingerprint density at radius 3 is 2.77 bits per heavy atom. The van der Waals surface area contributed by atoms with Gasteiger partial charge in [0.05, 0.1) is 24.2 Å². The van der Waals surface area contributed by atoms with Crippen LogP contribution in [0.2, 0.25) is 0 Å². The van der Waals surface area contributed by atoms with Gasteiger partial charge in [-0.2, -0.15) is 0 Å². The van der Waals surface area contributed by atoms with Crippen molar-refractivity contribution in [3.05, 3.63) is 18.1 Å². The molecule has 0 bridgehead atoms. The molecule has 12 nitrogen and oxygen atoms in total. The predicted octanol–water partition coefficient (Wildman–Crippen LogP) is 1.45. The predicted molar refractivity (Wildman–Crippen MR) is 132 cm³/mol. The number of aliphatic hydroxyl groups is 2. The third-order valence-electron chi connectivity index (χ3n) is 5.54. The van der Waals surface area contributed by atoms with Crippen LogP contribution >= 0.6 is 19.5 Å². The molecule has 3 heterocycles. The molecule has 1 aliphatic rings. The molecule has 1 unspecified atom stereocenters. The van der Waals surface area contributed by atoms with Crippen molar-refractivity contribution in [3.8, 4) is 12.3 Å². The number of carbonyl (C=O) groups excluding carboxylic acids is 1. The van der Waals surface area contributed by atoms with Gasteiger partial charge in [0.15, 0.2) is 11.3 Å². The van der Waals surface area contributed by atoms with E-state index < -0.39 is 31.8 Å². The Morgan fingerprint density at radius 2 is 2.17 bits per heavy atom. The number of aliphatic hydroxyl groups excluding tert-OH is 1. The second-order valence-corrected chi connectivity index (χ2v) is 11.8. The summed E-state index contributed by atoms with van der Waals surface area (Å²) in [5.41, 5.74) is -0.883. The van der Waals surface area contributed by atoms with Crippen molar-refractivity contribution in [1.29, 1.82) is 0 Å². The number of fused-ring (bicyclic) bond motifs is 1. The minimum absolute atomic E-state index is 0.0197. The molecule has 1 fully saturated rings. The maximum absolute atomic E-state index is 13.2. The zero-order chi connectivity index (χ0) is 26.0. The summed E-state index contributed by atoms with van der Waals surface area (Å²) >= 11 is 1.04. The molecular weight excluding hydrogens is 497 g/mol. The number of nitrogens with one attached hydrogen (secondary N) is 1. The van der Waals surface area contributed by atoms with Crippen LogP contribution in [0.1, 0.15) is 25.6 Å². The molecule has 14 heteroatoms. The second kappa shape index (κ2) is 10.9. The third-order valence-corrected chi connectivity index (χ3v) is 8.29. The van der Waals surface area contributed by atoms with Gasteiger partial charge in [-0.1, -0.05) is 17.7 Å².